The van der Waals surface area contributed by atoms with Crippen molar-refractivity contribution < 1.29 is 27.4 Å². The second-order valence-electron chi connectivity index (χ2n) is 35.1. The highest BCUT2D eigenvalue weighted by atomic mass is 19.4. The van der Waals surface area contributed by atoms with Crippen molar-refractivity contribution in [3.05, 3.63) is 271 Å². The summed E-state index contributed by atoms with van der Waals surface area (Å²) in [6, 6.07) is 61.6. The lowest BCUT2D eigenvalue weighted by Gasteiger charge is -2.20. The number of nitrogens with two attached hydrogens (primary N) is 1. The molecule has 0 aliphatic heterocycles. The molecule has 8 aromatic rings. The van der Waals surface area contributed by atoms with Crippen molar-refractivity contribution in [2.24, 2.45) is 5.73 Å². The molecule has 0 aromatic heterocycles. The molecule has 2 N–H and O–H groups in total. The fourth-order valence-electron chi connectivity index (χ4n) is 9.74. The van der Waals surface area contributed by atoms with Gasteiger partial charge in [-0.3, -0.25) is 4.79 Å². The van der Waals surface area contributed by atoms with Gasteiger partial charge in [0, 0.05) is 5.56 Å². The Labute approximate surface area is 609 Å². The molecule has 0 heterocycles. The lowest BCUT2D eigenvalue weighted by molar-refractivity contribution is -0.274. The number of benzene rings is 8. The molecule has 100 heavy (non-hydrogen) atoms. The van der Waals surface area contributed by atoms with Crippen molar-refractivity contribution in [1.82, 2.24) is 0 Å². The van der Waals surface area contributed by atoms with E-state index in [2.05, 4.69) is 327 Å². The van der Waals surface area contributed by atoms with Gasteiger partial charge in [-0.15, -0.1) is 13.2 Å². The smallest absolute Gasteiger partial charge is 0.497 e. The SMILES string of the molecule is CC(C)(C)c1cccc(C(N)=O)c1.CC(C)(C)c1cccc(OC(F)(F)F)c1.CC(C)c1cccc(C(C)(C)C)c1.CCc1cccc(C(C)(C)C)c1.COc1cccc(C(C)(C)C)c1.Cc1cc(C)cc(C(C)(C)C)c1.Cc1ccc(C(C)(C)C)cc1C.Cc1cccc(C(C)(C)C)c1. The van der Waals surface area contributed by atoms with E-state index in [1.165, 1.54) is 84.5 Å². The number of halogens is 3. The average molecular weight is 1370 g/mol. The van der Waals surface area contributed by atoms with Crippen molar-refractivity contribution in [2.75, 3.05) is 7.11 Å². The Morgan fingerprint density at radius 1 is 0.360 bits per heavy atom. The van der Waals surface area contributed by atoms with Crippen LogP contribution in [0.4, 0.5) is 13.2 Å². The molecule has 0 radical (unpaired) electrons. The zero-order chi connectivity index (χ0) is 77.4. The number of hydrogen-bond acceptors (Lipinski definition) is 3. The first kappa shape index (κ1) is 90.6. The zero-order valence-corrected chi connectivity index (χ0v) is 68.5. The monoisotopic (exact) mass is 1370 g/mol. The van der Waals surface area contributed by atoms with Crippen LogP contribution in [0.2, 0.25) is 0 Å². The largest absolute Gasteiger partial charge is 0.573 e. The van der Waals surface area contributed by atoms with Gasteiger partial charge in [-0.2, -0.15) is 0 Å². The van der Waals surface area contributed by atoms with Gasteiger partial charge in [-0.05, 0) is 193 Å². The number of methoxy groups -OCH3 is 1. The highest BCUT2D eigenvalue weighted by molar-refractivity contribution is 5.93. The first-order valence-corrected chi connectivity index (χ1v) is 35.7. The van der Waals surface area contributed by atoms with E-state index in [0.29, 0.717) is 11.5 Å². The van der Waals surface area contributed by atoms with Gasteiger partial charge in [0.05, 0.1) is 7.11 Å². The molecule has 0 spiro atoms. The molecular formula is C93H134F3NO3. The van der Waals surface area contributed by atoms with Crippen molar-refractivity contribution in [2.45, 2.75) is 284 Å². The van der Waals surface area contributed by atoms with Crippen LogP contribution < -0.4 is 15.2 Å². The summed E-state index contributed by atoms with van der Waals surface area (Å²) >= 11 is 0. The summed E-state index contributed by atoms with van der Waals surface area (Å²) in [5, 5.41) is 0. The maximum absolute atomic E-state index is 11.9. The maximum Gasteiger partial charge on any atom is 0.573 e. The van der Waals surface area contributed by atoms with Gasteiger partial charge in [-0.1, -0.05) is 349 Å². The average Bonchev–Trinajstić information content (AvgIpc) is 0.867. The summed E-state index contributed by atoms with van der Waals surface area (Å²) in [5.74, 6) is 1.02. The van der Waals surface area contributed by atoms with Crippen LogP contribution in [-0.4, -0.2) is 19.4 Å². The third-order valence-corrected chi connectivity index (χ3v) is 16.8. The Kier molecular flexibility index (Phi) is 35.0. The fraction of sp³-hybridized carbons (Fsp3) is 0.473. The first-order chi connectivity index (χ1) is 45.4. The van der Waals surface area contributed by atoms with Gasteiger partial charge in [0.15, 0.2) is 0 Å². The molecule has 1 amide bonds. The van der Waals surface area contributed by atoms with E-state index < -0.39 is 6.36 Å². The van der Waals surface area contributed by atoms with E-state index in [0.717, 1.165) is 23.3 Å². The molecule has 0 bridgehead atoms. The van der Waals surface area contributed by atoms with Gasteiger partial charge >= 0.3 is 6.36 Å². The van der Waals surface area contributed by atoms with Gasteiger partial charge in [-0.25, -0.2) is 0 Å². The van der Waals surface area contributed by atoms with Crippen molar-refractivity contribution in [1.29, 1.82) is 0 Å². The lowest BCUT2D eigenvalue weighted by Crippen LogP contribution is -2.18. The summed E-state index contributed by atoms with van der Waals surface area (Å²) in [6.07, 6.45) is -3.50. The Balaban J connectivity index is 0.000000572. The molecule has 0 atom stereocenters. The number of alkyl halides is 3. The molecule has 8 aromatic carbocycles. The number of carbonyl (C=O) groups is 1. The molecular weight excluding hydrogens is 1240 g/mol. The molecule has 4 nitrogen and oxygen atoms in total. The minimum Gasteiger partial charge on any atom is -0.497 e. The quantitative estimate of drug-likeness (QED) is 0.187. The minimum absolute atomic E-state index is 0.0610. The predicted molar refractivity (Wildman–Crippen MR) is 430 cm³/mol. The van der Waals surface area contributed by atoms with Crippen molar-refractivity contribution >= 4 is 5.91 Å². The number of rotatable bonds is 5. The number of carbonyl (C=O) groups excluding carboxylic acids is 1. The van der Waals surface area contributed by atoms with Crippen molar-refractivity contribution in [3.8, 4) is 11.5 Å². The van der Waals surface area contributed by atoms with Crippen LogP contribution in [0, 0.1) is 34.6 Å². The summed E-state index contributed by atoms with van der Waals surface area (Å²) in [5.41, 5.74) is 27.3. The molecule has 0 fully saturated rings. The van der Waals surface area contributed by atoms with Gasteiger partial charge in [0.1, 0.15) is 11.5 Å². The highest BCUT2D eigenvalue weighted by Gasteiger charge is 2.31. The van der Waals surface area contributed by atoms with E-state index in [1.54, 1.807) is 25.3 Å². The van der Waals surface area contributed by atoms with Crippen LogP contribution in [0.3, 0.4) is 0 Å². The topological polar surface area (TPSA) is 61.6 Å². The van der Waals surface area contributed by atoms with E-state index >= 15 is 0 Å². The van der Waals surface area contributed by atoms with Crippen LogP contribution >= 0.6 is 0 Å². The standard InChI is InChI=1S/C13H20.3C12H18.C11H13F3O.C11H15NO.C11H16O.C11H16/c1-10(2)11-7-6-8-12(9-11)13(3,4)5;1-9-6-10(2)8-11(7-9)12(3,4)5;1-9-6-7-11(8-10(9)2)12(3,4)5;1-5-10-7-6-8-11(9-10)12(2,3)4;1-10(2,3)8-5-4-6-9(7-8)15-11(12,13)14;1-11(2,3)9-6-4-5-8(7-9)10(12)13;1-11(2,3)9-6-5-7-10(8-9)12-4;1-9-6-5-7-10(8-9)11(2,3)4/h6-10H,1-5H3;2*6-8H,1-5H3;6-9H,5H2,1-4H3;4-7H,1-3H3;4-7H,1-3H3,(H2,12,13);5-8H,1-4H3;5-8H,1-4H3. The molecule has 0 aliphatic rings. The maximum atomic E-state index is 11.9. The Morgan fingerprint density at radius 2 is 0.700 bits per heavy atom. The summed E-state index contributed by atoms with van der Waals surface area (Å²) in [7, 11) is 1.70. The number of primary amides is 1. The van der Waals surface area contributed by atoms with Crippen LogP contribution in [0.1, 0.15) is 287 Å². The van der Waals surface area contributed by atoms with Crippen LogP contribution in [0.25, 0.3) is 0 Å². The summed E-state index contributed by atoms with van der Waals surface area (Å²) < 4.78 is 44.8. The molecule has 550 valence electrons. The van der Waals surface area contributed by atoms with Crippen LogP contribution in [0.5, 0.6) is 11.5 Å². The minimum atomic E-state index is -4.63. The number of hydrogen-bond donors (Lipinski definition) is 1. The zero-order valence-electron chi connectivity index (χ0n) is 68.5. The summed E-state index contributed by atoms with van der Waals surface area (Å²) in [4.78, 5) is 10.9. The van der Waals surface area contributed by atoms with Gasteiger partial charge in [0.25, 0.3) is 0 Å². The molecule has 0 aliphatic carbocycles. The van der Waals surface area contributed by atoms with E-state index in [9.17, 15) is 18.0 Å². The number of amides is 1. The van der Waals surface area contributed by atoms with Gasteiger partial charge < -0.3 is 15.2 Å². The molecule has 0 saturated heterocycles. The number of ether oxygens (including phenoxy) is 2. The highest BCUT2D eigenvalue weighted by Crippen LogP contribution is 2.32. The summed E-state index contributed by atoms with van der Waals surface area (Å²) in [6.45, 7) is 69.9. The Morgan fingerprint density at radius 3 is 1.07 bits per heavy atom. The van der Waals surface area contributed by atoms with Crippen LogP contribution in [0.15, 0.2) is 182 Å². The molecule has 7 heteroatoms. The normalized spacial score (nSPS) is 11.8. The van der Waals surface area contributed by atoms with E-state index in [4.69, 9.17) is 10.5 Å². The second kappa shape index (κ2) is 38.6. The fourth-order valence-corrected chi connectivity index (χ4v) is 9.74. The van der Waals surface area contributed by atoms with Gasteiger partial charge in [0.2, 0.25) is 5.91 Å². The molecule has 0 saturated carbocycles. The Hall–Kier alpha value is -7.38. The third-order valence-electron chi connectivity index (χ3n) is 16.8. The van der Waals surface area contributed by atoms with E-state index in [-0.39, 0.29) is 55.0 Å². The molecule has 0 unspecified atom stereocenters. The predicted octanol–water partition coefficient (Wildman–Crippen LogP) is 27.1. The first-order valence-electron chi connectivity index (χ1n) is 35.7. The third kappa shape index (κ3) is 35.8. The lowest BCUT2D eigenvalue weighted by atomic mass is 9.85. The Bertz CT molecular complexity index is 3650. The van der Waals surface area contributed by atoms with Crippen LogP contribution in [-0.2, 0) is 49.7 Å². The van der Waals surface area contributed by atoms with E-state index in [1.807, 2.05) is 51.1 Å². The number of aryl methyl sites for hydroxylation is 6. The second-order valence-corrected chi connectivity index (χ2v) is 35.1. The molecule has 8 rings (SSSR count). The van der Waals surface area contributed by atoms with Crippen molar-refractivity contribution in [3.63, 3.8) is 0 Å².